The van der Waals surface area contributed by atoms with Crippen LogP contribution in [0.15, 0.2) is 23.1 Å². The molecule has 0 aliphatic carbocycles. The van der Waals surface area contributed by atoms with Gasteiger partial charge >= 0.3 is 5.97 Å². The summed E-state index contributed by atoms with van der Waals surface area (Å²) >= 11 is 0. The van der Waals surface area contributed by atoms with Gasteiger partial charge in [-0.3, -0.25) is 0 Å². The lowest BCUT2D eigenvalue weighted by molar-refractivity contribution is 0.0388. The van der Waals surface area contributed by atoms with E-state index in [0.717, 1.165) is 18.2 Å². The average molecular weight is 297 g/mol. The van der Waals surface area contributed by atoms with Gasteiger partial charge in [-0.25, -0.2) is 17.6 Å². The van der Waals surface area contributed by atoms with Gasteiger partial charge in [0.25, 0.3) is 9.05 Å². The number of halogens is 2. The van der Waals surface area contributed by atoms with Crippen molar-refractivity contribution in [3.05, 3.63) is 29.6 Å². The number of benzene rings is 1. The molecule has 0 amide bonds. The molecule has 5 nitrogen and oxygen atoms in total. The van der Waals surface area contributed by atoms with E-state index in [4.69, 9.17) is 15.4 Å². The Bertz CT molecular complexity index is 543. The number of carbonyl (C=O) groups is 1. The monoisotopic (exact) mass is 296 g/mol. The average Bonchev–Trinajstić information content (AvgIpc) is 2.28. The molecule has 0 fully saturated rings. The van der Waals surface area contributed by atoms with E-state index in [-0.39, 0.29) is 18.8 Å². The molecule has 0 saturated heterocycles. The van der Waals surface area contributed by atoms with E-state index in [0.29, 0.717) is 0 Å². The number of hydrogen-bond donors (Lipinski definition) is 0. The van der Waals surface area contributed by atoms with Crippen LogP contribution in [0.25, 0.3) is 0 Å². The normalized spacial score (nSPS) is 11.3. The molecule has 8 heteroatoms. The molecule has 0 bridgehead atoms. The lowest BCUT2D eigenvalue weighted by Gasteiger charge is -2.05. The SMILES string of the molecule is COCCOC(=O)c1ccc(F)c(S(=O)(=O)Cl)c1. The second-order valence-electron chi connectivity index (χ2n) is 3.21. The van der Waals surface area contributed by atoms with Crippen LogP contribution in [0, 0.1) is 5.82 Å². The number of carbonyl (C=O) groups excluding carboxylic acids is 1. The highest BCUT2D eigenvalue weighted by Crippen LogP contribution is 2.20. The van der Waals surface area contributed by atoms with E-state index in [1.165, 1.54) is 7.11 Å². The molecule has 1 aromatic carbocycles. The van der Waals surface area contributed by atoms with Crippen LogP contribution in [0.1, 0.15) is 10.4 Å². The molecule has 0 radical (unpaired) electrons. The molecule has 0 aliphatic rings. The molecule has 0 saturated carbocycles. The van der Waals surface area contributed by atoms with Crippen molar-refractivity contribution in [2.24, 2.45) is 0 Å². The molecule has 0 spiro atoms. The first-order valence-electron chi connectivity index (χ1n) is 4.76. The summed E-state index contributed by atoms with van der Waals surface area (Å²) in [5.41, 5.74) is -0.105. The van der Waals surface area contributed by atoms with Gasteiger partial charge in [-0.1, -0.05) is 0 Å². The minimum absolute atomic E-state index is 0.00959. The van der Waals surface area contributed by atoms with Crippen LogP contribution in [0.2, 0.25) is 0 Å². The highest BCUT2D eigenvalue weighted by molar-refractivity contribution is 8.13. The van der Waals surface area contributed by atoms with Gasteiger partial charge in [-0.15, -0.1) is 0 Å². The van der Waals surface area contributed by atoms with Crippen molar-refractivity contribution in [3.63, 3.8) is 0 Å². The summed E-state index contributed by atoms with van der Waals surface area (Å²) < 4.78 is 44.7. The van der Waals surface area contributed by atoms with Gasteiger partial charge in [0.05, 0.1) is 12.2 Å². The lowest BCUT2D eigenvalue weighted by atomic mass is 10.2. The van der Waals surface area contributed by atoms with Crippen molar-refractivity contribution in [2.45, 2.75) is 4.90 Å². The van der Waals surface area contributed by atoms with Gasteiger partial charge in [0.15, 0.2) is 0 Å². The fraction of sp³-hybridized carbons (Fsp3) is 0.300. The van der Waals surface area contributed by atoms with Crippen molar-refractivity contribution < 1.29 is 27.1 Å². The molecule has 0 unspecified atom stereocenters. The smallest absolute Gasteiger partial charge is 0.338 e. The Morgan fingerprint density at radius 1 is 1.39 bits per heavy atom. The second-order valence-corrected chi connectivity index (χ2v) is 5.75. The van der Waals surface area contributed by atoms with Gasteiger partial charge in [0, 0.05) is 17.8 Å². The van der Waals surface area contributed by atoms with Crippen LogP contribution < -0.4 is 0 Å². The number of ether oxygens (including phenoxy) is 2. The summed E-state index contributed by atoms with van der Waals surface area (Å²) in [6.45, 7) is 0.212. The predicted octanol–water partition coefficient (Wildman–Crippen LogP) is 1.56. The topological polar surface area (TPSA) is 69.7 Å². The first kappa shape index (κ1) is 14.9. The first-order chi connectivity index (χ1) is 8.36. The Labute approximate surface area is 108 Å². The van der Waals surface area contributed by atoms with E-state index in [1.54, 1.807) is 0 Å². The summed E-state index contributed by atoms with van der Waals surface area (Å²) in [4.78, 5) is 10.7. The lowest BCUT2D eigenvalue weighted by Crippen LogP contribution is -2.11. The number of rotatable bonds is 5. The first-order valence-corrected chi connectivity index (χ1v) is 7.07. The molecule has 18 heavy (non-hydrogen) atoms. The Morgan fingerprint density at radius 3 is 2.61 bits per heavy atom. The fourth-order valence-electron chi connectivity index (χ4n) is 1.12. The van der Waals surface area contributed by atoms with E-state index >= 15 is 0 Å². The fourth-order valence-corrected chi connectivity index (χ4v) is 2.04. The molecule has 1 aromatic rings. The van der Waals surface area contributed by atoms with Crippen molar-refractivity contribution >= 4 is 25.7 Å². The van der Waals surface area contributed by atoms with Gasteiger partial charge in [-0.05, 0) is 18.2 Å². The predicted molar refractivity (Wildman–Crippen MR) is 61.6 cm³/mol. The van der Waals surface area contributed by atoms with Gasteiger partial charge in [0.1, 0.15) is 17.3 Å². The zero-order valence-electron chi connectivity index (χ0n) is 9.35. The van der Waals surface area contributed by atoms with Gasteiger partial charge < -0.3 is 9.47 Å². The van der Waals surface area contributed by atoms with Crippen molar-refractivity contribution in [1.29, 1.82) is 0 Å². The number of methoxy groups -OCH3 is 1. The Kier molecular flexibility index (Phi) is 5.06. The summed E-state index contributed by atoms with van der Waals surface area (Å²) in [7, 11) is 2.21. The summed E-state index contributed by atoms with van der Waals surface area (Å²) in [6, 6.07) is 2.77. The van der Waals surface area contributed by atoms with Crippen molar-refractivity contribution in [1.82, 2.24) is 0 Å². The molecular formula is C10H10ClFO5S. The standard InChI is InChI=1S/C10H10ClFO5S/c1-16-4-5-17-10(13)7-2-3-8(12)9(6-7)18(11,14)15/h2-3,6H,4-5H2,1H3. The van der Waals surface area contributed by atoms with Crippen molar-refractivity contribution in [3.8, 4) is 0 Å². The third-order valence-electron chi connectivity index (χ3n) is 1.95. The molecule has 1 rings (SSSR count). The summed E-state index contributed by atoms with van der Waals surface area (Å²) in [5, 5.41) is 0. The van der Waals surface area contributed by atoms with Crippen LogP contribution in [0.3, 0.4) is 0 Å². The molecule has 0 aromatic heterocycles. The highest BCUT2D eigenvalue weighted by atomic mass is 35.7. The second kappa shape index (κ2) is 6.12. The Morgan fingerprint density at radius 2 is 2.06 bits per heavy atom. The Hall–Kier alpha value is -1.18. The van der Waals surface area contributed by atoms with Gasteiger partial charge in [0.2, 0.25) is 0 Å². The van der Waals surface area contributed by atoms with E-state index < -0.39 is 25.7 Å². The number of esters is 1. The maximum Gasteiger partial charge on any atom is 0.338 e. The largest absolute Gasteiger partial charge is 0.460 e. The molecular weight excluding hydrogens is 287 g/mol. The van der Waals surface area contributed by atoms with Crippen LogP contribution in [-0.2, 0) is 18.5 Å². The quantitative estimate of drug-likeness (QED) is 0.468. The van der Waals surface area contributed by atoms with E-state index in [2.05, 4.69) is 4.74 Å². The van der Waals surface area contributed by atoms with Gasteiger partial charge in [-0.2, -0.15) is 0 Å². The maximum absolute atomic E-state index is 13.2. The minimum Gasteiger partial charge on any atom is -0.460 e. The van der Waals surface area contributed by atoms with Crippen LogP contribution in [0.5, 0.6) is 0 Å². The van der Waals surface area contributed by atoms with Crippen molar-refractivity contribution in [2.75, 3.05) is 20.3 Å². The summed E-state index contributed by atoms with van der Waals surface area (Å²) in [6.07, 6.45) is 0. The molecule has 0 aliphatic heterocycles. The van der Waals surface area contributed by atoms with E-state index in [9.17, 15) is 17.6 Å². The highest BCUT2D eigenvalue weighted by Gasteiger charge is 2.19. The zero-order chi connectivity index (χ0) is 13.8. The third-order valence-corrected chi connectivity index (χ3v) is 3.29. The molecule has 0 heterocycles. The third kappa shape index (κ3) is 3.94. The molecule has 0 N–H and O–H groups in total. The van der Waals surface area contributed by atoms with E-state index in [1.807, 2.05) is 0 Å². The molecule has 100 valence electrons. The Balaban J connectivity index is 2.95. The number of hydrogen-bond acceptors (Lipinski definition) is 5. The van der Waals surface area contributed by atoms with Crippen LogP contribution in [0.4, 0.5) is 4.39 Å². The van der Waals surface area contributed by atoms with Crippen LogP contribution >= 0.6 is 10.7 Å². The molecule has 0 atom stereocenters. The minimum atomic E-state index is -4.25. The van der Waals surface area contributed by atoms with Crippen LogP contribution in [-0.4, -0.2) is 34.7 Å². The summed E-state index contributed by atoms with van der Waals surface area (Å²) in [5.74, 6) is -1.81. The zero-order valence-corrected chi connectivity index (χ0v) is 10.9. The maximum atomic E-state index is 13.2.